The van der Waals surface area contributed by atoms with Crippen LogP contribution < -0.4 is 24.7 Å². The molecule has 0 spiro atoms. The Morgan fingerprint density at radius 2 is 0.821 bits per heavy atom. The van der Waals surface area contributed by atoms with Gasteiger partial charge in [0.15, 0.2) is 23.0 Å². The van der Waals surface area contributed by atoms with Crippen molar-refractivity contribution in [3.63, 3.8) is 0 Å². The Bertz CT molecular complexity index is 1880. The first-order valence-electron chi connectivity index (χ1n) is 19.6. The fourth-order valence-electron chi connectivity index (χ4n) is 6.77. The third-order valence-corrected chi connectivity index (χ3v) is 9.72. The summed E-state index contributed by atoms with van der Waals surface area (Å²) in [5, 5.41) is 0. The highest BCUT2D eigenvalue weighted by atomic mass is 16.5. The Labute approximate surface area is 333 Å². The lowest BCUT2D eigenvalue weighted by molar-refractivity contribution is 0.0440. The summed E-state index contributed by atoms with van der Waals surface area (Å²) in [5.41, 5.74) is 14.5. The monoisotopic (exact) mass is 748 g/mol. The molecule has 0 aliphatic heterocycles. The molecular formula is C49H54N3O4. The first kappa shape index (κ1) is 40.1. The molecule has 6 rings (SSSR count). The summed E-state index contributed by atoms with van der Waals surface area (Å²) >= 11 is 0. The summed E-state index contributed by atoms with van der Waals surface area (Å²) in [6.07, 6.45) is 1.86. The van der Waals surface area contributed by atoms with Gasteiger partial charge in [0.1, 0.15) is 26.4 Å². The van der Waals surface area contributed by atoms with Crippen molar-refractivity contribution in [1.29, 1.82) is 0 Å². The highest BCUT2D eigenvalue weighted by Crippen LogP contribution is 2.34. The minimum absolute atomic E-state index is 0.131. The molecule has 0 amide bonds. The topological polar surface area (TPSA) is 67.2 Å². The van der Waals surface area contributed by atoms with Crippen molar-refractivity contribution in [3.05, 3.63) is 191 Å². The molecule has 0 aliphatic rings. The van der Waals surface area contributed by atoms with Gasteiger partial charge >= 0.3 is 0 Å². The normalized spacial score (nSPS) is 11.7. The summed E-state index contributed by atoms with van der Waals surface area (Å²) in [5.74, 6) is 2.86. The van der Waals surface area contributed by atoms with Crippen molar-refractivity contribution in [3.8, 4) is 23.0 Å². The molecule has 1 radical (unpaired) electrons. The van der Waals surface area contributed by atoms with Crippen LogP contribution in [0.25, 0.3) is 0 Å². The molecule has 7 nitrogen and oxygen atoms in total. The van der Waals surface area contributed by atoms with Gasteiger partial charge in [0.05, 0.1) is 6.17 Å². The predicted molar refractivity (Wildman–Crippen MR) is 225 cm³/mol. The number of rotatable bonds is 22. The minimum atomic E-state index is 0.131. The number of ether oxygens (including phenoxy) is 4. The standard InChI is InChI=1S/C49H54N3O4/c1-3-49(51(2)30-16-29-50)52(33-43-25-27-45(53-35-39-17-8-4-9-18-39)47(31-43)55-37-41-21-12-6-13-22-41)34-44-26-28-46(54-36-40-19-10-5-11-20-40)48(32-44)56-38-42-23-14-7-15-24-42/h4-15,17-28,31-32,49-50H,3,16,29-30,33-38H2,1-2H3. The van der Waals surface area contributed by atoms with Crippen LogP contribution in [0.3, 0.4) is 0 Å². The zero-order chi connectivity index (χ0) is 38.8. The van der Waals surface area contributed by atoms with Crippen LogP contribution >= 0.6 is 0 Å². The largest absolute Gasteiger partial charge is 0.485 e. The van der Waals surface area contributed by atoms with Gasteiger partial charge < -0.3 is 18.9 Å². The smallest absolute Gasteiger partial charge is 0.162 e. The Morgan fingerprint density at radius 3 is 1.16 bits per heavy atom. The van der Waals surface area contributed by atoms with Gasteiger partial charge in [-0.15, -0.1) is 0 Å². The third kappa shape index (κ3) is 12.2. The SMILES string of the molecule is CCC(N(C)CCC[NH])N(Cc1ccc(OCc2ccccc2)c(OCc2ccccc2)c1)Cc1ccc(OCc2ccccc2)c(OCc2ccccc2)c1. The van der Waals surface area contributed by atoms with Crippen molar-refractivity contribution >= 4 is 0 Å². The predicted octanol–water partition coefficient (Wildman–Crippen LogP) is 10.3. The lowest BCUT2D eigenvalue weighted by Gasteiger charge is -2.38. The van der Waals surface area contributed by atoms with Crippen LogP contribution in [0.15, 0.2) is 158 Å². The molecule has 0 saturated heterocycles. The zero-order valence-electron chi connectivity index (χ0n) is 32.7. The molecule has 0 fully saturated rings. The van der Waals surface area contributed by atoms with E-state index in [-0.39, 0.29) is 6.17 Å². The molecule has 1 N–H and O–H groups in total. The van der Waals surface area contributed by atoms with Crippen molar-refractivity contribution in [2.24, 2.45) is 0 Å². The second-order valence-electron chi connectivity index (χ2n) is 14.0. The average Bonchev–Trinajstić information content (AvgIpc) is 3.25. The summed E-state index contributed by atoms with van der Waals surface area (Å²) in [4.78, 5) is 4.88. The van der Waals surface area contributed by atoms with Crippen LogP contribution in [0.1, 0.15) is 53.1 Å². The zero-order valence-corrected chi connectivity index (χ0v) is 32.7. The number of hydrogen-bond acceptors (Lipinski definition) is 6. The lowest BCUT2D eigenvalue weighted by Crippen LogP contribution is -2.46. The van der Waals surface area contributed by atoms with Crippen molar-refractivity contribution < 1.29 is 18.9 Å². The first-order chi connectivity index (χ1) is 27.6. The van der Waals surface area contributed by atoms with Gasteiger partial charge in [-0.05, 0) is 77.5 Å². The molecule has 56 heavy (non-hydrogen) atoms. The van der Waals surface area contributed by atoms with E-state index in [2.05, 4.69) is 96.6 Å². The van der Waals surface area contributed by atoms with Gasteiger partial charge in [-0.25, -0.2) is 0 Å². The van der Waals surface area contributed by atoms with E-state index in [1.54, 1.807) is 0 Å². The molecule has 7 heteroatoms. The first-order valence-corrected chi connectivity index (χ1v) is 19.6. The molecule has 1 atom stereocenters. The number of benzene rings is 6. The molecule has 0 aromatic heterocycles. The number of nitrogens with one attached hydrogen (secondary N) is 1. The molecule has 6 aromatic rings. The molecule has 6 aromatic carbocycles. The summed E-state index contributed by atoms with van der Waals surface area (Å²) in [6, 6.07) is 53.5. The van der Waals surface area contributed by atoms with E-state index < -0.39 is 0 Å². The number of nitrogens with zero attached hydrogens (tertiary/aromatic N) is 2. The molecule has 0 bridgehead atoms. The van der Waals surface area contributed by atoms with Gasteiger partial charge in [-0.3, -0.25) is 15.5 Å². The maximum atomic E-state index is 7.84. The van der Waals surface area contributed by atoms with Gasteiger partial charge in [0, 0.05) is 26.2 Å². The van der Waals surface area contributed by atoms with Crippen molar-refractivity contribution in [2.75, 3.05) is 20.1 Å². The highest BCUT2D eigenvalue weighted by Gasteiger charge is 2.23. The number of hydrogen-bond donors (Lipinski definition) is 0. The minimum Gasteiger partial charge on any atom is -0.485 e. The second kappa shape index (κ2) is 21.5. The molecule has 289 valence electrons. The van der Waals surface area contributed by atoms with Crippen LogP contribution in [0.4, 0.5) is 0 Å². The highest BCUT2D eigenvalue weighted by molar-refractivity contribution is 5.45. The fourth-order valence-corrected chi connectivity index (χ4v) is 6.77. The Balaban J connectivity index is 1.28. The molecule has 0 heterocycles. The van der Waals surface area contributed by atoms with Crippen LogP contribution in [0.5, 0.6) is 23.0 Å². The molecular weight excluding hydrogens is 695 g/mol. The quantitative estimate of drug-likeness (QED) is 0.0644. The maximum Gasteiger partial charge on any atom is 0.162 e. The van der Waals surface area contributed by atoms with Crippen molar-refractivity contribution in [1.82, 2.24) is 15.5 Å². The summed E-state index contributed by atoms with van der Waals surface area (Å²) in [6.45, 7) is 6.61. The van der Waals surface area contributed by atoms with Crippen LogP contribution in [-0.2, 0) is 39.5 Å². The average molecular weight is 749 g/mol. The molecule has 0 saturated carbocycles. The van der Waals surface area contributed by atoms with Crippen molar-refractivity contribution in [2.45, 2.75) is 65.4 Å². The lowest BCUT2D eigenvalue weighted by atomic mass is 10.1. The van der Waals surface area contributed by atoms with Gasteiger partial charge in [0.25, 0.3) is 0 Å². The Kier molecular flexibility index (Phi) is 15.4. The maximum absolute atomic E-state index is 7.84. The second-order valence-corrected chi connectivity index (χ2v) is 14.0. The van der Waals surface area contributed by atoms with Gasteiger partial charge in [-0.2, -0.15) is 0 Å². The molecule has 0 aliphatic carbocycles. The van der Waals surface area contributed by atoms with E-state index >= 15 is 0 Å². The van der Waals surface area contributed by atoms with Gasteiger partial charge in [0.2, 0.25) is 0 Å². The van der Waals surface area contributed by atoms with E-state index in [9.17, 15) is 0 Å². The van der Waals surface area contributed by atoms with Gasteiger partial charge in [-0.1, -0.05) is 140 Å². The van der Waals surface area contributed by atoms with E-state index in [4.69, 9.17) is 24.7 Å². The van der Waals surface area contributed by atoms with Crippen LogP contribution in [0.2, 0.25) is 0 Å². The van der Waals surface area contributed by atoms with E-state index in [0.717, 1.165) is 52.8 Å². The van der Waals surface area contributed by atoms with E-state index in [1.807, 2.05) is 84.9 Å². The van der Waals surface area contributed by atoms with E-state index in [0.29, 0.717) is 69.1 Å². The Hall–Kier alpha value is -5.60. The fraction of sp³-hybridized carbons (Fsp3) is 0.265. The Morgan fingerprint density at radius 1 is 0.464 bits per heavy atom. The van der Waals surface area contributed by atoms with Crippen LogP contribution in [-0.4, -0.2) is 36.1 Å². The third-order valence-electron chi connectivity index (χ3n) is 9.72. The molecule has 1 unspecified atom stereocenters. The summed E-state index contributed by atoms with van der Waals surface area (Å²) in [7, 11) is 2.17. The summed E-state index contributed by atoms with van der Waals surface area (Å²) < 4.78 is 25.7. The van der Waals surface area contributed by atoms with E-state index in [1.165, 1.54) is 0 Å². The van der Waals surface area contributed by atoms with Crippen LogP contribution in [0, 0.1) is 0 Å².